The Hall–Kier alpha value is -2.20. The van der Waals surface area contributed by atoms with E-state index in [-0.39, 0.29) is 0 Å². The van der Waals surface area contributed by atoms with Crippen molar-refractivity contribution in [2.24, 2.45) is 5.11 Å². The zero-order chi connectivity index (χ0) is 10.4. The first-order valence-electron chi connectivity index (χ1n) is 3.76. The topological polar surface area (TPSA) is 87.1 Å². The molecule has 0 aliphatic heterocycles. The highest BCUT2D eigenvalue weighted by molar-refractivity contribution is 5.85. The molecule has 1 rings (SSSR count). The Labute approximate surface area is 80.1 Å². The normalized spacial score (nSPS) is 8.64. The monoisotopic (exact) mass is 192 g/mol. The van der Waals surface area contributed by atoms with Crippen LogP contribution in [0.4, 0.5) is 16.2 Å². The minimum absolute atomic E-state index is 0.432. The summed E-state index contributed by atoms with van der Waals surface area (Å²) in [6, 6.07) is 6.49. The zero-order valence-corrected chi connectivity index (χ0v) is 7.47. The van der Waals surface area contributed by atoms with Crippen molar-refractivity contribution in [3.8, 4) is 0 Å². The van der Waals surface area contributed by atoms with Crippen LogP contribution in [0.3, 0.4) is 0 Å². The van der Waals surface area contributed by atoms with Crippen molar-refractivity contribution in [3.63, 3.8) is 0 Å². The molecule has 0 aromatic heterocycles. The van der Waals surface area contributed by atoms with Gasteiger partial charge < -0.3 is 4.74 Å². The molecule has 0 saturated carbocycles. The molecule has 0 aliphatic rings. The Morgan fingerprint density at radius 2 is 2.43 bits per heavy atom. The fraction of sp³-hybridized carbons (Fsp3) is 0.125. The lowest BCUT2D eigenvalue weighted by molar-refractivity contribution is 0.187. The van der Waals surface area contributed by atoms with Crippen molar-refractivity contribution in [3.05, 3.63) is 34.7 Å². The van der Waals surface area contributed by atoms with Crippen molar-refractivity contribution >= 4 is 17.5 Å². The summed E-state index contributed by atoms with van der Waals surface area (Å²) in [6.45, 7) is 0. The smallest absolute Gasteiger partial charge is 0.411 e. The number of nitrogens with one attached hydrogen (secondary N) is 1. The summed E-state index contributed by atoms with van der Waals surface area (Å²) in [6.07, 6.45) is -0.567. The number of carbonyl (C=O) groups excluding carboxylic acids is 1. The summed E-state index contributed by atoms with van der Waals surface area (Å²) < 4.78 is 4.40. The van der Waals surface area contributed by atoms with Crippen LogP contribution in [0.5, 0.6) is 0 Å². The van der Waals surface area contributed by atoms with Crippen LogP contribution in [-0.4, -0.2) is 13.2 Å². The number of hydrogen-bond acceptors (Lipinski definition) is 3. The maximum Gasteiger partial charge on any atom is 0.411 e. The van der Waals surface area contributed by atoms with Crippen molar-refractivity contribution in [2.45, 2.75) is 0 Å². The van der Waals surface area contributed by atoms with E-state index in [0.29, 0.717) is 11.4 Å². The van der Waals surface area contributed by atoms with Gasteiger partial charge in [0.15, 0.2) is 0 Å². The number of ether oxygens (including phenoxy) is 1. The SMILES string of the molecule is COC(=O)Nc1cccc(N=[N+]=[N-])c1. The Kier molecular flexibility index (Phi) is 3.34. The highest BCUT2D eigenvalue weighted by Crippen LogP contribution is 2.17. The standard InChI is InChI=1S/C8H8N4O2/c1-14-8(13)10-6-3-2-4-7(5-6)11-12-9/h2-5H,1H3,(H,10,13). The predicted molar refractivity (Wildman–Crippen MR) is 51.3 cm³/mol. The van der Waals surface area contributed by atoms with Crippen LogP contribution >= 0.6 is 0 Å². The average Bonchev–Trinajstić information content (AvgIpc) is 2.19. The van der Waals surface area contributed by atoms with Gasteiger partial charge in [0.1, 0.15) is 0 Å². The first kappa shape index (κ1) is 9.88. The number of azide groups is 1. The molecule has 72 valence electrons. The Morgan fingerprint density at radius 1 is 1.64 bits per heavy atom. The van der Waals surface area contributed by atoms with E-state index in [1.54, 1.807) is 18.2 Å². The van der Waals surface area contributed by atoms with E-state index in [2.05, 4.69) is 20.1 Å². The summed E-state index contributed by atoms with van der Waals surface area (Å²) in [5.41, 5.74) is 9.13. The van der Waals surface area contributed by atoms with Gasteiger partial charge in [-0.2, -0.15) is 0 Å². The average molecular weight is 192 g/mol. The summed E-state index contributed by atoms with van der Waals surface area (Å²) in [5, 5.41) is 5.83. The molecule has 1 aromatic rings. The van der Waals surface area contributed by atoms with Crippen molar-refractivity contribution in [1.29, 1.82) is 0 Å². The number of hydrogen-bond donors (Lipinski definition) is 1. The molecule has 0 heterocycles. The van der Waals surface area contributed by atoms with Gasteiger partial charge >= 0.3 is 6.09 Å². The largest absolute Gasteiger partial charge is 0.453 e. The van der Waals surface area contributed by atoms with Gasteiger partial charge in [-0.1, -0.05) is 17.2 Å². The number of anilines is 1. The molecule has 1 aromatic carbocycles. The van der Waals surface area contributed by atoms with Crippen LogP contribution in [-0.2, 0) is 4.74 Å². The van der Waals surface area contributed by atoms with E-state index in [4.69, 9.17) is 5.53 Å². The summed E-state index contributed by atoms with van der Waals surface area (Å²) in [7, 11) is 1.27. The summed E-state index contributed by atoms with van der Waals surface area (Å²) in [4.78, 5) is 13.4. The van der Waals surface area contributed by atoms with Gasteiger partial charge in [-0.15, -0.1) is 0 Å². The third-order valence-electron chi connectivity index (χ3n) is 1.44. The van der Waals surface area contributed by atoms with Gasteiger partial charge in [-0.05, 0) is 17.7 Å². The molecule has 1 N–H and O–H groups in total. The van der Waals surface area contributed by atoms with Gasteiger partial charge in [0.05, 0.1) is 7.11 Å². The quantitative estimate of drug-likeness (QED) is 0.443. The predicted octanol–water partition coefficient (Wildman–Crippen LogP) is 2.81. The minimum atomic E-state index is -0.567. The second kappa shape index (κ2) is 4.74. The van der Waals surface area contributed by atoms with E-state index < -0.39 is 6.09 Å². The lowest BCUT2D eigenvalue weighted by atomic mass is 10.3. The fourth-order valence-electron chi connectivity index (χ4n) is 0.866. The Bertz CT molecular complexity index is 385. The molecule has 1 amide bonds. The van der Waals surface area contributed by atoms with Crippen LogP contribution in [0, 0.1) is 0 Å². The van der Waals surface area contributed by atoms with Gasteiger partial charge in [0, 0.05) is 16.3 Å². The lowest BCUT2D eigenvalue weighted by Gasteiger charge is -2.03. The lowest BCUT2D eigenvalue weighted by Crippen LogP contribution is -2.10. The maximum absolute atomic E-state index is 10.8. The van der Waals surface area contributed by atoms with Crippen LogP contribution in [0.2, 0.25) is 0 Å². The molecule has 0 atom stereocenters. The molecule has 6 heteroatoms. The number of amides is 1. The third-order valence-corrected chi connectivity index (χ3v) is 1.44. The molecule has 0 radical (unpaired) electrons. The molecule has 0 fully saturated rings. The molecule has 14 heavy (non-hydrogen) atoms. The van der Waals surface area contributed by atoms with Gasteiger partial charge in [-0.25, -0.2) is 4.79 Å². The molecule has 0 bridgehead atoms. The number of rotatable bonds is 2. The maximum atomic E-state index is 10.8. The fourth-order valence-corrected chi connectivity index (χ4v) is 0.866. The van der Waals surface area contributed by atoms with Gasteiger partial charge in [-0.3, -0.25) is 5.32 Å². The molecular weight excluding hydrogens is 184 g/mol. The summed E-state index contributed by atoms with van der Waals surface area (Å²) in [5.74, 6) is 0. The molecule has 6 nitrogen and oxygen atoms in total. The van der Waals surface area contributed by atoms with Crippen molar-refractivity contribution < 1.29 is 9.53 Å². The van der Waals surface area contributed by atoms with Crippen molar-refractivity contribution in [2.75, 3.05) is 12.4 Å². The van der Waals surface area contributed by atoms with Crippen molar-refractivity contribution in [1.82, 2.24) is 0 Å². The number of nitrogens with zero attached hydrogens (tertiary/aromatic N) is 3. The first-order chi connectivity index (χ1) is 6.76. The molecular formula is C8H8N4O2. The Morgan fingerprint density at radius 3 is 3.07 bits per heavy atom. The molecule has 0 aliphatic carbocycles. The van der Waals surface area contributed by atoms with E-state index in [1.807, 2.05) is 0 Å². The van der Waals surface area contributed by atoms with Gasteiger partial charge in [0.25, 0.3) is 0 Å². The number of benzene rings is 1. The Balaban J connectivity index is 2.83. The van der Waals surface area contributed by atoms with E-state index in [0.717, 1.165) is 0 Å². The van der Waals surface area contributed by atoms with Gasteiger partial charge in [0.2, 0.25) is 0 Å². The van der Waals surface area contributed by atoms with E-state index >= 15 is 0 Å². The van der Waals surface area contributed by atoms with E-state index in [1.165, 1.54) is 13.2 Å². The number of methoxy groups -OCH3 is 1. The van der Waals surface area contributed by atoms with Crippen LogP contribution < -0.4 is 5.32 Å². The van der Waals surface area contributed by atoms with Crippen LogP contribution in [0.25, 0.3) is 10.4 Å². The highest BCUT2D eigenvalue weighted by Gasteiger charge is 1.99. The molecule has 0 spiro atoms. The molecule has 0 unspecified atom stereocenters. The summed E-state index contributed by atoms with van der Waals surface area (Å²) >= 11 is 0. The second-order valence-electron chi connectivity index (χ2n) is 2.36. The van der Waals surface area contributed by atoms with E-state index in [9.17, 15) is 4.79 Å². The number of carbonyl (C=O) groups is 1. The highest BCUT2D eigenvalue weighted by atomic mass is 16.5. The third kappa shape index (κ3) is 2.69. The first-order valence-corrected chi connectivity index (χ1v) is 3.76. The van der Waals surface area contributed by atoms with Crippen LogP contribution in [0.1, 0.15) is 0 Å². The van der Waals surface area contributed by atoms with Crippen LogP contribution in [0.15, 0.2) is 29.4 Å². The second-order valence-corrected chi connectivity index (χ2v) is 2.36. The molecule has 0 saturated heterocycles. The minimum Gasteiger partial charge on any atom is -0.453 e. The zero-order valence-electron chi connectivity index (χ0n) is 7.47.